The van der Waals surface area contributed by atoms with Crippen LogP contribution in [0.1, 0.15) is 19.0 Å². The molecule has 3 heterocycles. The van der Waals surface area contributed by atoms with E-state index in [1.807, 2.05) is 0 Å². The zero-order valence-electron chi connectivity index (χ0n) is 18.1. The summed E-state index contributed by atoms with van der Waals surface area (Å²) in [5.41, 5.74) is -6.27. The molecule has 1 fully saturated rings. The van der Waals surface area contributed by atoms with Gasteiger partial charge in [-0.2, -0.15) is 13.2 Å². The number of pyridine rings is 1. The number of carbonyl (C=O) groups is 1. The van der Waals surface area contributed by atoms with Crippen molar-refractivity contribution in [3.05, 3.63) is 59.0 Å². The van der Waals surface area contributed by atoms with Crippen molar-refractivity contribution < 1.29 is 27.5 Å². The van der Waals surface area contributed by atoms with Gasteiger partial charge < -0.3 is 14.9 Å². The van der Waals surface area contributed by atoms with E-state index in [9.17, 15) is 27.9 Å². The summed E-state index contributed by atoms with van der Waals surface area (Å²) in [6.07, 6.45) is -0.826. The molecule has 0 saturated carbocycles. The lowest BCUT2D eigenvalue weighted by atomic mass is 9.93. The number of halogens is 4. The molecule has 34 heavy (non-hydrogen) atoms. The third-order valence-electron chi connectivity index (χ3n) is 5.88. The van der Waals surface area contributed by atoms with E-state index >= 15 is 4.39 Å². The molecule has 2 aromatic heterocycles. The molecule has 8 nitrogen and oxygen atoms in total. The smallest absolute Gasteiger partial charge is 0.431 e. The molecular formula is C22H21F4N5O3. The second-order valence-corrected chi connectivity index (χ2v) is 8.18. The highest BCUT2D eigenvalue weighted by atomic mass is 19.4. The molecular weight excluding hydrogens is 458 g/mol. The van der Waals surface area contributed by atoms with Crippen molar-refractivity contribution in [2.75, 3.05) is 31.1 Å². The van der Waals surface area contributed by atoms with E-state index < -0.39 is 34.6 Å². The highest BCUT2D eigenvalue weighted by Crippen LogP contribution is 2.40. The maximum absolute atomic E-state index is 15.2. The normalized spacial score (nSPS) is 21.3. The number of alkyl halides is 4. The van der Waals surface area contributed by atoms with Gasteiger partial charge in [0.1, 0.15) is 34.8 Å². The fourth-order valence-electron chi connectivity index (χ4n) is 4.24. The minimum absolute atomic E-state index is 0.0928. The molecule has 2 aromatic rings. The SMILES string of the molecule is C=CC(=O)N1CCN(c2ncnc3c(=O)n(C4=C(O)C=CCC4(C)F)c(C(F)(F)F)cc23)CC1. The first kappa shape index (κ1) is 23.5. The first-order valence-electron chi connectivity index (χ1n) is 10.4. The van der Waals surface area contributed by atoms with Gasteiger partial charge >= 0.3 is 6.18 Å². The number of allylic oxidation sites excluding steroid dienone is 3. The Labute approximate surface area is 191 Å². The summed E-state index contributed by atoms with van der Waals surface area (Å²) in [5, 5.41) is 10.1. The van der Waals surface area contributed by atoms with Crippen molar-refractivity contribution >= 4 is 28.3 Å². The number of amides is 1. The van der Waals surface area contributed by atoms with Crippen molar-refractivity contribution in [3.8, 4) is 0 Å². The van der Waals surface area contributed by atoms with Gasteiger partial charge in [-0.25, -0.2) is 14.4 Å². The van der Waals surface area contributed by atoms with E-state index in [0.717, 1.165) is 19.3 Å². The molecule has 1 saturated heterocycles. The number of aliphatic hydroxyl groups excluding tert-OH is 1. The molecule has 1 unspecified atom stereocenters. The van der Waals surface area contributed by atoms with Crippen LogP contribution in [-0.2, 0) is 11.0 Å². The summed E-state index contributed by atoms with van der Waals surface area (Å²) in [7, 11) is 0. The number of anilines is 1. The number of aliphatic hydroxyl groups is 1. The third-order valence-corrected chi connectivity index (χ3v) is 5.88. The lowest BCUT2D eigenvalue weighted by Crippen LogP contribution is -2.48. The molecule has 1 N–H and O–H groups in total. The summed E-state index contributed by atoms with van der Waals surface area (Å²) in [6.45, 7) is 5.52. The van der Waals surface area contributed by atoms with Crippen LogP contribution in [0.3, 0.4) is 0 Å². The number of fused-ring (bicyclic) bond motifs is 1. The Hall–Kier alpha value is -3.70. The Morgan fingerprint density at radius 1 is 1.24 bits per heavy atom. The van der Waals surface area contributed by atoms with Crippen LogP contribution < -0.4 is 10.5 Å². The number of hydrogen-bond donors (Lipinski definition) is 1. The Morgan fingerprint density at radius 3 is 2.50 bits per heavy atom. The van der Waals surface area contributed by atoms with Gasteiger partial charge in [0.25, 0.3) is 5.56 Å². The summed E-state index contributed by atoms with van der Waals surface area (Å²) >= 11 is 0. The highest BCUT2D eigenvalue weighted by Gasteiger charge is 2.42. The molecule has 1 atom stereocenters. The summed E-state index contributed by atoms with van der Waals surface area (Å²) in [6, 6.07) is 0.696. The van der Waals surface area contributed by atoms with Gasteiger partial charge in [0.15, 0.2) is 5.67 Å². The van der Waals surface area contributed by atoms with Crippen LogP contribution in [0, 0.1) is 0 Å². The lowest BCUT2D eigenvalue weighted by molar-refractivity contribution is -0.142. The van der Waals surface area contributed by atoms with Gasteiger partial charge in [0.2, 0.25) is 5.91 Å². The van der Waals surface area contributed by atoms with Gasteiger partial charge in [-0.05, 0) is 25.1 Å². The van der Waals surface area contributed by atoms with Gasteiger partial charge in [0.05, 0.1) is 5.39 Å². The number of hydrogen-bond acceptors (Lipinski definition) is 6. The lowest BCUT2D eigenvalue weighted by Gasteiger charge is -2.35. The Morgan fingerprint density at radius 2 is 1.91 bits per heavy atom. The molecule has 0 bridgehead atoms. The van der Waals surface area contributed by atoms with Crippen molar-refractivity contribution in [3.63, 3.8) is 0 Å². The quantitative estimate of drug-likeness (QED) is 0.538. The van der Waals surface area contributed by atoms with Crippen LogP contribution in [0.5, 0.6) is 0 Å². The number of piperazine rings is 1. The van der Waals surface area contributed by atoms with E-state index in [4.69, 9.17) is 0 Å². The van der Waals surface area contributed by atoms with E-state index in [1.165, 1.54) is 17.1 Å². The predicted octanol–water partition coefficient (Wildman–Crippen LogP) is 3.06. The Balaban J connectivity index is 1.91. The average Bonchev–Trinajstić information content (AvgIpc) is 2.78. The number of carbonyl (C=O) groups excluding carboxylic acids is 1. The predicted molar refractivity (Wildman–Crippen MR) is 117 cm³/mol. The molecule has 1 aliphatic heterocycles. The molecule has 2 aliphatic rings. The zero-order chi connectivity index (χ0) is 24.8. The summed E-state index contributed by atoms with van der Waals surface area (Å²) in [5.74, 6) is -0.950. The number of nitrogens with zero attached hydrogens (tertiary/aromatic N) is 5. The maximum atomic E-state index is 15.2. The number of rotatable bonds is 3. The fraction of sp³-hybridized carbons (Fsp3) is 0.364. The standard InChI is InChI=1S/C22H21F4N5O3/c1-3-16(33)29-7-9-30(10-8-29)19-13-11-15(22(24,25)26)31(20(34)17(13)27-12-28-19)18-14(32)5-4-6-21(18,2)23/h3-5,11-12,32H,1,6-10H2,2H3. The van der Waals surface area contributed by atoms with Gasteiger partial charge in [-0.1, -0.05) is 12.7 Å². The molecule has 1 amide bonds. The maximum Gasteiger partial charge on any atom is 0.431 e. The molecule has 1 aliphatic carbocycles. The largest absolute Gasteiger partial charge is 0.506 e. The van der Waals surface area contributed by atoms with Gasteiger partial charge in [-0.3, -0.25) is 14.2 Å². The minimum atomic E-state index is -5.06. The van der Waals surface area contributed by atoms with Crippen molar-refractivity contribution in [2.45, 2.75) is 25.2 Å². The van der Waals surface area contributed by atoms with E-state index in [1.54, 1.807) is 4.90 Å². The van der Waals surface area contributed by atoms with Crippen molar-refractivity contribution in [2.24, 2.45) is 0 Å². The van der Waals surface area contributed by atoms with Crippen LogP contribution in [0.4, 0.5) is 23.4 Å². The van der Waals surface area contributed by atoms with E-state index in [-0.39, 0.29) is 59.8 Å². The van der Waals surface area contributed by atoms with Crippen molar-refractivity contribution in [1.29, 1.82) is 0 Å². The molecule has 0 aromatic carbocycles. The monoisotopic (exact) mass is 479 g/mol. The van der Waals surface area contributed by atoms with Crippen LogP contribution in [0.25, 0.3) is 16.6 Å². The summed E-state index contributed by atoms with van der Waals surface area (Å²) < 4.78 is 57.8. The van der Waals surface area contributed by atoms with Gasteiger partial charge in [0, 0.05) is 32.6 Å². The molecule has 4 rings (SSSR count). The second-order valence-electron chi connectivity index (χ2n) is 8.18. The Bertz CT molecular complexity index is 1290. The Kier molecular flexibility index (Phi) is 5.70. The third kappa shape index (κ3) is 3.93. The number of aromatic nitrogens is 3. The van der Waals surface area contributed by atoms with Crippen LogP contribution in [-0.4, -0.2) is 62.3 Å². The highest BCUT2D eigenvalue weighted by molar-refractivity contribution is 5.90. The second kappa shape index (κ2) is 8.26. The fourth-order valence-corrected chi connectivity index (χ4v) is 4.24. The molecule has 12 heteroatoms. The van der Waals surface area contributed by atoms with Crippen LogP contribution >= 0.6 is 0 Å². The first-order valence-corrected chi connectivity index (χ1v) is 10.4. The van der Waals surface area contributed by atoms with Crippen LogP contribution in [0.2, 0.25) is 0 Å². The van der Waals surface area contributed by atoms with Crippen LogP contribution in [0.15, 0.2) is 47.8 Å². The van der Waals surface area contributed by atoms with Gasteiger partial charge in [-0.15, -0.1) is 0 Å². The molecule has 0 radical (unpaired) electrons. The van der Waals surface area contributed by atoms with Crippen molar-refractivity contribution in [1.82, 2.24) is 19.4 Å². The van der Waals surface area contributed by atoms with E-state index in [0.29, 0.717) is 6.07 Å². The average molecular weight is 479 g/mol. The molecule has 180 valence electrons. The summed E-state index contributed by atoms with van der Waals surface area (Å²) in [4.78, 5) is 36.3. The topological polar surface area (TPSA) is 91.6 Å². The van der Waals surface area contributed by atoms with E-state index in [2.05, 4.69) is 16.5 Å². The minimum Gasteiger partial charge on any atom is -0.506 e. The first-order chi connectivity index (χ1) is 16.0. The molecule has 0 spiro atoms. The zero-order valence-corrected chi connectivity index (χ0v) is 18.1.